The van der Waals surface area contributed by atoms with Gasteiger partial charge >= 0.3 is 6.18 Å². The minimum atomic E-state index is -4.77. The van der Waals surface area contributed by atoms with Crippen LogP contribution in [0.4, 0.5) is 13.2 Å². The summed E-state index contributed by atoms with van der Waals surface area (Å²) in [6.45, 7) is -1.07. The quantitative estimate of drug-likeness (QED) is 0.669. The maximum Gasteiger partial charge on any atom is 0.410 e. The van der Waals surface area contributed by atoms with Crippen molar-refractivity contribution < 1.29 is 27.8 Å². The number of hydrogen-bond acceptors (Lipinski definition) is 5. The number of aryl methyl sites for hydroxylation is 1. The molecule has 28 heavy (non-hydrogen) atoms. The molecule has 148 valence electrons. The monoisotopic (exact) mass is 394 g/mol. The van der Waals surface area contributed by atoms with Crippen molar-refractivity contribution in [2.24, 2.45) is 7.05 Å². The number of aliphatic hydroxyl groups is 1. The SMILES string of the molecule is Cn1nc2ccc(OCc3ccccn3)cc2c1C(=O)NC(CO)C(F)(F)F. The minimum Gasteiger partial charge on any atom is -0.487 e. The standard InChI is InChI=1S/C18H17F3N4O3/c1-25-16(17(27)23-15(9-26)18(19,20)21)13-8-12(5-6-14(13)24-25)28-10-11-4-2-3-7-22-11/h2-8,15,26H,9-10H2,1H3,(H,23,27). The lowest BCUT2D eigenvalue weighted by Gasteiger charge is -2.19. The van der Waals surface area contributed by atoms with Gasteiger partial charge in [0.2, 0.25) is 0 Å². The van der Waals surface area contributed by atoms with Gasteiger partial charge in [-0.2, -0.15) is 18.3 Å². The summed E-state index contributed by atoms with van der Waals surface area (Å²) >= 11 is 0. The maximum atomic E-state index is 12.8. The number of amides is 1. The van der Waals surface area contributed by atoms with Crippen LogP contribution in [0.25, 0.3) is 10.9 Å². The first kappa shape index (κ1) is 19.6. The number of carbonyl (C=O) groups is 1. The zero-order chi connectivity index (χ0) is 20.3. The zero-order valence-corrected chi connectivity index (χ0v) is 14.8. The van der Waals surface area contributed by atoms with Gasteiger partial charge < -0.3 is 15.2 Å². The van der Waals surface area contributed by atoms with Crippen molar-refractivity contribution in [3.63, 3.8) is 0 Å². The number of pyridine rings is 1. The van der Waals surface area contributed by atoms with Crippen LogP contribution in [0.15, 0.2) is 42.6 Å². The Morgan fingerprint density at radius 3 is 2.75 bits per heavy atom. The fourth-order valence-electron chi connectivity index (χ4n) is 2.64. The second-order valence-corrected chi connectivity index (χ2v) is 6.01. The minimum absolute atomic E-state index is 0.0685. The molecule has 0 radical (unpaired) electrons. The van der Waals surface area contributed by atoms with Crippen LogP contribution in [0.3, 0.4) is 0 Å². The molecular weight excluding hydrogens is 377 g/mol. The second-order valence-electron chi connectivity index (χ2n) is 6.01. The van der Waals surface area contributed by atoms with Crippen LogP contribution in [-0.4, -0.2) is 44.6 Å². The number of carbonyl (C=O) groups excluding carboxylic acids is 1. The molecule has 0 saturated carbocycles. The van der Waals surface area contributed by atoms with Crippen LogP contribution in [0, 0.1) is 0 Å². The van der Waals surface area contributed by atoms with E-state index in [1.807, 2.05) is 6.07 Å². The fraction of sp³-hybridized carbons (Fsp3) is 0.278. The summed E-state index contributed by atoms with van der Waals surface area (Å²) in [6.07, 6.45) is -3.14. The van der Waals surface area contributed by atoms with Crippen LogP contribution in [0.5, 0.6) is 5.75 Å². The van der Waals surface area contributed by atoms with Gasteiger partial charge in [0.25, 0.3) is 5.91 Å². The summed E-state index contributed by atoms with van der Waals surface area (Å²) in [5.74, 6) is -0.585. The van der Waals surface area contributed by atoms with Crippen LogP contribution >= 0.6 is 0 Å². The lowest BCUT2D eigenvalue weighted by Crippen LogP contribution is -2.48. The van der Waals surface area contributed by atoms with Gasteiger partial charge in [0, 0.05) is 18.6 Å². The molecule has 1 unspecified atom stereocenters. The van der Waals surface area contributed by atoms with E-state index < -0.39 is 24.7 Å². The van der Waals surface area contributed by atoms with Gasteiger partial charge in [-0.1, -0.05) is 6.07 Å². The smallest absolute Gasteiger partial charge is 0.410 e. The molecule has 3 aromatic rings. The molecule has 0 spiro atoms. The maximum absolute atomic E-state index is 12.8. The highest BCUT2D eigenvalue weighted by Gasteiger charge is 2.40. The number of halogens is 3. The van der Waals surface area contributed by atoms with Crippen LogP contribution < -0.4 is 10.1 Å². The van der Waals surface area contributed by atoms with Crippen LogP contribution in [0.2, 0.25) is 0 Å². The number of alkyl halides is 3. The summed E-state index contributed by atoms with van der Waals surface area (Å²) in [5.41, 5.74) is 1.05. The Labute approximate surface area is 157 Å². The molecule has 2 N–H and O–H groups in total. The van der Waals surface area contributed by atoms with Gasteiger partial charge in [-0.15, -0.1) is 0 Å². The first-order valence-corrected chi connectivity index (χ1v) is 8.27. The van der Waals surface area contributed by atoms with E-state index in [-0.39, 0.29) is 12.3 Å². The van der Waals surface area contributed by atoms with E-state index in [1.54, 1.807) is 35.8 Å². The lowest BCUT2D eigenvalue weighted by molar-refractivity contribution is -0.161. The number of ether oxygens (including phenoxy) is 1. The van der Waals surface area contributed by atoms with Crippen molar-refractivity contribution in [2.75, 3.05) is 6.61 Å². The number of hydrogen-bond donors (Lipinski definition) is 2. The van der Waals surface area contributed by atoms with Gasteiger partial charge in [-0.05, 0) is 30.3 Å². The molecule has 0 bridgehead atoms. The summed E-state index contributed by atoms with van der Waals surface area (Å²) in [4.78, 5) is 16.5. The van der Waals surface area contributed by atoms with Crippen molar-refractivity contribution in [1.82, 2.24) is 20.1 Å². The average molecular weight is 394 g/mol. The number of aliphatic hydroxyl groups excluding tert-OH is 1. The van der Waals surface area contributed by atoms with Crippen molar-refractivity contribution in [2.45, 2.75) is 18.8 Å². The highest BCUT2D eigenvalue weighted by atomic mass is 19.4. The summed E-state index contributed by atoms with van der Waals surface area (Å²) in [7, 11) is 1.45. The van der Waals surface area contributed by atoms with E-state index in [2.05, 4.69) is 10.1 Å². The van der Waals surface area contributed by atoms with Crippen molar-refractivity contribution in [3.8, 4) is 5.75 Å². The molecule has 7 nitrogen and oxygen atoms in total. The normalized spacial score (nSPS) is 12.8. The number of fused-ring (bicyclic) bond motifs is 1. The van der Waals surface area contributed by atoms with E-state index in [1.165, 1.54) is 17.8 Å². The summed E-state index contributed by atoms with van der Waals surface area (Å²) in [6, 6.07) is 7.79. The van der Waals surface area contributed by atoms with E-state index >= 15 is 0 Å². The Balaban J connectivity index is 1.85. The first-order valence-electron chi connectivity index (χ1n) is 8.27. The number of aromatic nitrogens is 3. The third-order valence-electron chi connectivity index (χ3n) is 4.02. The number of nitrogens with one attached hydrogen (secondary N) is 1. The number of nitrogens with zero attached hydrogens (tertiary/aromatic N) is 3. The van der Waals surface area contributed by atoms with Crippen molar-refractivity contribution >= 4 is 16.8 Å². The molecule has 1 amide bonds. The zero-order valence-electron chi connectivity index (χ0n) is 14.8. The molecule has 2 heterocycles. The fourth-order valence-corrected chi connectivity index (χ4v) is 2.64. The van der Waals surface area contributed by atoms with Gasteiger partial charge in [0.1, 0.15) is 24.1 Å². The first-order chi connectivity index (χ1) is 13.3. The molecule has 0 aliphatic carbocycles. The second kappa shape index (κ2) is 7.85. The largest absolute Gasteiger partial charge is 0.487 e. The van der Waals surface area contributed by atoms with E-state index in [9.17, 15) is 18.0 Å². The number of benzene rings is 1. The van der Waals surface area contributed by atoms with Gasteiger partial charge in [-0.3, -0.25) is 14.5 Å². The Morgan fingerprint density at radius 1 is 1.32 bits per heavy atom. The average Bonchev–Trinajstić information content (AvgIpc) is 2.99. The molecular formula is C18H17F3N4O3. The Bertz CT molecular complexity index is 973. The van der Waals surface area contributed by atoms with E-state index in [0.717, 1.165) is 0 Å². The predicted molar refractivity (Wildman–Crippen MR) is 93.7 cm³/mol. The summed E-state index contributed by atoms with van der Waals surface area (Å²) in [5, 5.41) is 15.2. The van der Waals surface area contributed by atoms with Crippen LogP contribution in [0.1, 0.15) is 16.2 Å². The Hall–Kier alpha value is -3.14. The molecule has 1 atom stereocenters. The molecule has 0 aliphatic rings. The highest BCUT2D eigenvalue weighted by molar-refractivity contribution is 6.05. The Morgan fingerprint density at radius 2 is 2.11 bits per heavy atom. The van der Waals surface area contributed by atoms with Gasteiger partial charge in [-0.25, -0.2) is 0 Å². The van der Waals surface area contributed by atoms with E-state index in [0.29, 0.717) is 22.3 Å². The van der Waals surface area contributed by atoms with E-state index in [4.69, 9.17) is 9.84 Å². The number of rotatable bonds is 6. The predicted octanol–water partition coefficient (Wildman–Crippen LogP) is 2.20. The lowest BCUT2D eigenvalue weighted by atomic mass is 10.1. The van der Waals surface area contributed by atoms with Crippen LogP contribution in [-0.2, 0) is 13.7 Å². The molecule has 3 rings (SSSR count). The molecule has 0 fully saturated rings. The third-order valence-corrected chi connectivity index (χ3v) is 4.02. The van der Waals surface area contributed by atoms with Crippen molar-refractivity contribution in [1.29, 1.82) is 0 Å². The Kier molecular flexibility index (Phi) is 5.50. The molecule has 10 heteroatoms. The summed E-state index contributed by atoms with van der Waals surface area (Å²) < 4.78 is 45.4. The molecule has 2 aromatic heterocycles. The topological polar surface area (TPSA) is 89.3 Å². The molecule has 0 saturated heterocycles. The molecule has 0 aliphatic heterocycles. The highest BCUT2D eigenvalue weighted by Crippen LogP contribution is 2.25. The van der Waals surface area contributed by atoms with Crippen molar-refractivity contribution in [3.05, 3.63) is 54.0 Å². The third kappa shape index (κ3) is 4.22. The molecule has 1 aromatic carbocycles. The van der Waals surface area contributed by atoms with Gasteiger partial charge in [0.15, 0.2) is 0 Å². The van der Waals surface area contributed by atoms with Gasteiger partial charge in [0.05, 0.1) is 17.8 Å².